The van der Waals surface area contributed by atoms with E-state index in [1.807, 2.05) is 215 Å². The Kier molecular flexibility index (Phi) is 29.1. The maximum absolute atomic E-state index is 4.43. The van der Waals surface area contributed by atoms with Gasteiger partial charge in [-0.1, -0.05) is 243 Å². The average molecular weight is 1940 g/mol. The second-order valence-corrected chi connectivity index (χ2v) is 28.2. The van der Waals surface area contributed by atoms with Gasteiger partial charge in [0.2, 0.25) is 0 Å². The van der Waals surface area contributed by atoms with E-state index in [0.717, 1.165) is 94.9 Å². The molecule has 0 saturated carbocycles. The number of rotatable bonds is 14. The second-order valence-electron chi connectivity index (χ2n) is 27.3. The van der Waals surface area contributed by atoms with Crippen LogP contribution < -0.4 is 20.0 Å². The Hall–Kier alpha value is -14.3. The summed E-state index contributed by atoms with van der Waals surface area (Å²) in [6, 6.07) is 154. The molecule has 0 atom stereocenters. The van der Waals surface area contributed by atoms with Crippen molar-refractivity contribution in [1.29, 1.82) is 0 Å². The molecule has 20 aromatic rings. The van der Waals surface area contributed by atoms with Gasteiger partial charge in [-0.25, -0.2) is 11.4 Å². The van der Waals surface area contributed by atoms with Gasteiger partial charge in [0.25, 0.3) is 0 Å². The van der Waals surface area contributed by atoms with Crippen molar-refractivity contribution in [3.05, 3.63) is 480 Å². The van der Waals surface area contributed by atoms with E-state index < -0.39 is 0 Å². The summed E-state index contributed by atoms with van der Waals surface area (Å²) in [5.41, 5.74) is 28.2. The molecule has 0 saturated heterocycles. The molecule has 0 unspecified atom stereocenters. The summed E-state index contributed by atoms with van der Waals surface area (Å²) < 4.78 is 3.70. The first-order valence-electron chi connectivity index (χ1n) is 38.8. The number of para-hydroxylation sites is 5. The molecule has 0 N–H and O–H groups in total. The zero-order valence-corrected chi connectivity index (χ0v) is 71.0. The summed E-state index contributed by atoms with van der Waals surface area (Å²) in [6.45, 7) is 2.08. The smallest absolute Gasteiger partial charge is 0.618 e. The summed E-state index contributed by atoms with van der Waals surface area (Å²) in [7, 11) is 2.06. The summed E-state index contributed by atoms with van der Waals surface area (Å²) in [4.78, 5) is 8.44. The molecule has 21 rings (SSSR count). The molecule has 1 aliphatic heterocycles. The van der Waals surface area contributed by atoms with Gasteiger partial charge >= 0.3 is 21.1 Å². The molecular weight excluding hydrogens is 1860 g/mol. The van der Waals surface area contributed by atoms with Crippen LogP contribution in [0.1, 0.15) is 0 Å². The molecule has 6 heterocycles. The van der Waals surface area contributed by atoms with Gasteiger partial charge < -0.3 is 30.2 Å². The van der Waals surface area contributed by atoms with Gasteiger partial charge in [-0.05, 0) is 97.3 Å². The number of hydrogen-bond acceptors (Lipinski definition) is 8. The van der Waals surface area contributed by atoms with Crippen LogP contribution in [0.5, 0.6) is 0 Å². The first-order valence-corrected chi connectivity index (χ1v) is 39.7. The van der Waals surface area contributed by atoms with Crippen molar-refractivity contribution in [1.82, 2.24) is 44.9 Å². The van der Waals surface area contributed by atoms with Crippen LogP contribution >= 0.6 is 11.3 Å². The third kappa shape index (κ3) is 21.9. The molecule has 0 aliphatic carbocycles. The molecule has 15 aromatic carbocycles. The van der Waals surface area contributed by atoms with Crippen LogP contribution in [0, 0.1) is 43.1 Å². The van der Waals surface area contributed by atoms with Crippen molar-refractivity contribution in [2.24, 2.45) is 0 Å². The van der Waals surface area contributed by atoms with Crippen LogP contribution in [0.15, 0.2) is 437 Å². The fourth-order valence-corrected chi connectivity index (χ4v) is 13.9. The Morgan fingerprint density at radius 1 is 0.306 bits per heavy atom. The monoisotopic (exact) mass is 1940 g/mol. The first kappa shape index (κ1) is 83.2. The molecule has 1 aliphatic rings. The summed E-state index contributed by atoms with van der Waals surface area (Å²) in [5.74, 6) is 0. The van der Waals surface area contributed by atoms with Crippen molar-refractivity contribution < 1.29 is 42.1 Å². The minimum Gasteiger partial charge on any atom is -0.618 e. The van der Waals surface area contributed by atoms with Crippen molar-refractivity contribution in [3.63, 3.8) is 0 Å². The fourth-order valence-electron chi connectivity index (χ4n) is 13.3. The van der Waals surface area contributed by atoms with Crippen LogP contribution in [0.25, 0.3) is 134 Å². The van der Waals surface area contributed by atoms with Gasteiger partial charge in [0, 0.05) is 83.9 Å². The van der Waals surface area contributed by atoms with Gasteiger partial charge in [-0.15, -0.1) is 114 Å². The quantitative estimate of drug-likeness (QED) is 0.0983. The van der Waals surface area contributed by atoms with Crippen LogP contribution in [-0.2, 0) is 42.1 Å². The molecule has 121 heavy (non-hydrogen) atoms. The minimum absolute atomic E-state index is 0. The molecule has 5 aromatic heterocycles. The Labute approximate surface area is 739 Å². The standard InChI is InChI=1S/2C21H15N2.2C21H14N2.C14H12N2.C9H6NS.2Pt/c2*1-3-7-17(8-4-1)18-11-13-19(14-12-18)20-15-22-23(16-20)21-9-5-2-6-10-21;2*1-3-7-16(8-4-1)17-11-13-19(14-12-17)21-15-20(22-23-21)18-9-5-2-6-10-18;1-15-11-16(12-7-3-2-4-8-12)14-10-6-5-9-13(14)15;1-2-4-8(5-3-1)9-10-6-7-11-9;;/h2*1-9,11-16H;2*1-9,11-15H;2-7,9-11H,1H3;1-4,6-7H;;/q2*-1;3*-2;-1;;+4. The molecule has 0 radical (unpaired) electrons. The number of benzene rings is 15. The number of nitrogens with zero attached hydrogens (tertiary/aromatic N) is 11. The van der Waals surface area contributed by atoms with Crippen LogP contribution in [0.3, 0.4) is 0 Å². The predicted octanol–water partition coefficient (Wildman–Crippen LogP) is 25.5. The third-order valence-electron chi connectivity index (χ3n) is 19.5. The first-order chi connectivity index (χ1) is 58.9. The topological polar surface area (TPSA) is 109 Å². The Bertz CT molecular complexity index is 5760. The Balaban J connectivity index is 0.000000120. The summed E-state index contributed by atoms with van der Waals surface area (Å²) >= 11 is 1.63. The number of fused-ring (bicyclic) bond motifs is 1. The Morgan fingerprint density at radius 3 is 0.950 bits per heavy atom. The molecule has 0 bridgehead atoms. The van der Waals surface area contributed by atoms with E-state index in [1.54, 1.807) is 17.5 Å². The summed E-state index contributed by atoms with van der Waals surface area (Å²) in [6.07, 6.45) is 9.64. The summed E-state index contributed by atoms with van der Waals surface area (Å²) in [5, 5.41) is 29.0. The van der Waals surface area contributed by atoms with Crippen LogP contribution in [0.2, 0.25) is 0 Å². The van der Waals surface area contributed by atoms with Gasteiger partial charge in [0.05, 0.1) is 12.4 Å². The van der Waals surface area contributed by atoms with Crippen molar-refractivity contribution >= 4 is 28.4 Å². The van der Waals surface area contributed by atoms with E-state index in [9.17, 15) is 0 Å². The number of thiazole rings is 1. The second kappa shape index (κ2) is 42.2. The number of aromatic nitrogens is 9. The number of hydrogen-bond donors (Lipinski definition) is 0. The largest absolute Gasteiger partial charge is 4.00 e. The average Bonchev–Trinajstić information content (AvgIpc) is 1.65. The molecule has 0 amide bonds. The van der Waals surface area contributed by atoms with Gasteiger partial charge in [0.15, 0.2) is 0 Å². The van der Waals surface area contributed by atoms with Crippen molar-refractivity contribution in [2.75, 3.05) is 16.8 Å². The Morgan fingerprint density at radius 2 is 0.612 bits per heavy atom. The maximum Gasteiger partial charge on any atom is 4.00 e. The molecule has 14 heteroatoms. The van der Waals surface area contributed by atoms with Crippen molar-refractivity contribution in [2.45, 2.75) is 0 Å². The van der Waals surface area contributed by atoms with Gasteiger partial charge in [-0.3, -0.25) is 14.3 Å². The van der Waals surface area contributed by atoms with Crippen molar-refractivity contribution in [3.8, 4) is 134 Å². The zero-order chi connectivity index (χ0) is 80.4. The number of anilines is 3. The van der Waals surface area contributed by atoms with E-state index in [4.69, 9.17) is 0 Å². The van der Waals surface area contributed by atoms with Gasteiger partial charge in [0.1, 0.15) is 0 Å². The molecule has 590 valence electrons. The molecular formula is C107H76N11Pt2S-5. The SMILES string of the molecule is CN1[CH-]N(c2[c-]cccc2)c2ccccc21.[Pt+4].[Pt].[c-]1ccccc1-c1cc(-c2ccc(-c3ccccc3)cc2)n[n-]1.[c-]1ccccc1-c1cc(-c2ccc(-c3ccccc3)cc2)n[n-]1.[c-]1ccccc1-c1nccs1.[c-]1ccccc1-n1cc(-c2ccc(-c3ccccc3)cc2)cn1.[c-]1ccccc1-n1cc(-c2ccc(-c3ccccc3)cc2)cn1. The maximum atomic E-state index is 4.43. The molecule has 11 nitrogen and oxygen atoms in total. The molecule has 0 spiro atoms. The predicted molar refractivity (Wildman–Crippen MR) is 485 cm³/mol. The van der Waals surface area contributed by atoms with E-state index in [0.29, 0.717) is 0 Å². The zero-order valence-electron chi connectivity index (χ0n) is 65.6. The van der Waals surface area contributed by atoms with Gasteiger partial charge in [-0.2, -0.15) is 118 Å². The van der Waals surface area contributed by atoms with E-state index >= 15 is 0 Å². The molecule has 0 fully saturated rings. The minimum atomic E-state index is 0. The van der Waals surface area contributed by atoms with Crippen LogP contribution in [-0.4, -0.2) is 41.8 Å². The van der Waals surface area contributed by atoms with Crippen LogP contribution in [0.4, 0.5) is 17.1 Å². The van der Waals surface area contributed by atoms with E-state index in [2.05, 4.69) is 320 Å². The van der Waals surface area contributed by atoms with E-state index in [1.165, 1.54) is 55.9 Å². The normalized spacial score (nSPS) is 10.8. The van der Waals surface area contributed by atoms with E-state index in [-0.39, 0.29) is 42.1 Å². The third-order valence-corrected chi connectivity index (χ3v) is 20.3. The fraction of sp³-hybridized carbons (Fsp3) is 0.00935.